The second kappa shape index (κ2) is 7.17. The van der Waals surface area contributed by atoms with Crippen molar-refractivity contribution in [1.82, 2.24) is 24.6 Å². The molecule has 2 atom stereocenters. The molecule has 0 bridgehead atoms. The molecule has 138 valence electrons. The number of halogens is 1. The molecule has 0 radical (unpaired) electrons. The second-order valence-electron chi connectivity index (χ2n) is 6.96. The Morgan fingerprint density at radius 1 is 1.35 bits per heavy atom. The van der Waals surface area contributed by atoms with Gasteiger partial charge in [0.25, 0.3) is 0 Å². The quantitative estimate of drug-likeness (QED) is 0.688. The Morgan fingerprint density at radius 3 is 3.04 bits per heavy atom. The molecule has 2 aromatic heterocycles. The van der Waals surface area contributed by atoms with Gasteiger partial charge in [0.2, 0.25) is 0 Å². The second-order valence-corrected chi connectivity index (χ2v) is 6.96. The molecule has 6 nitrogen and oxygen atoms in total. The normalized spacial score (nSPS) is 20.3. The van der Waals surface area contributed by atoms with Crippen LogP contribution < -0.4 is 5.32 Å². The van der Waals surface area contributed by atoms with Crippen molar-refractivity contribution in [2.75, 3.05) is 19.7 Å². The van der Waals surface area contributed by atoms with Crippen LogP contribution in [0.15, 0.2) is 30.6 Å². The first kappa shape index (κ1) is 17.2. The van der Waals surface area contributed by atoms with Gasteiger partial charge in [0.15, 0.2) is 0 Å². The molecule has 0 spiro atoms. The topological polar surface area (TPSA) is 56.9 Å². The number of benzene rings is 1. The average Bonchev–Trinajstić information content (AvgIpc) is 3.31. The van der Waals surface area contributed by atoms with E-state index in [1.165, 1.54) is 12.1 Å². The minimum atomic E-state index is -0.247. The molecule has 0 unspecified atom stereocenters. The lowest BCUT2D eigenvalue weighted by molar-refractivity contribution is 0.0905. The third kappa shape index (κ3) is 3.37. The molecule has 4 rings (SSSR count). The first-order valence-electron chi connectivity index (χ1n) is 9.03. The fourth-order valence-corrected chi connectivity index (χ4v) is 3.73. The van der Waals surface area contributed by atoms with Crippen molar-refractivity contribution < 1.29 is 9.13 Å². The van der Waals surface area contributed by atoms with Gasteiger partial charge in [-0.25, -0.2) is 9.37 Å². The van der Waals surface area contributed by atoms with E-state index in [2.05, 4.69) is 15.4 Å². The molecule has 26 heavy (non-hydrogen) atoms. The maximum absolute atomic E-state index is 13.4. The van der Waals surface area contributed by atoms with Crippen molar-refractivity contribution in [1.29, 1.82) is 0 Å². The fourth-order valence-electron chi connectivity index (χ4n) is 3.73. The molecule has 7 heteroatoms. The van der Waals surface area contributed by atoms with Gasteiger partial charge in [0.05, 0.1) is 23.3 Å². The van der Waals surface area contributed by atoms with Crippen LogP contribution in [0.4, 0.5) is 4.39 Å². The monoisotopic (exact) mass is 357 g/mol. The molecule has 1 aromatic carbocycles. The summed E-state index contributed by atoms with van der Waals surface area (Å²) in [6.07, 6.45) is 5.90. The van der Waals surface area contributed by atoms with Crippen molar-refractivity contribution >= 4 is 11.0 Å². The van der Waals surface area contributed by atoms with Crippen LogP contribution in [0.3, 0.4) is 0 Å². The molecule has 1 saturated heterocycles. The van der Waals surface area contributed by atoms with Crippen LogP contribution in [-0.2, 0) is 25.3 Å². The number of nitrogens with zero attached hydrogens (tertiary/aromatic N) is 4. The first-order chi connectivity index (χ1) is 12.6. The highest BCUT2D eigenvalue weighted by Crippen LogP contribution is 2.33. The summed E-state index contributed by atoms with van der Waals surface area (Å²) in [4.78, 5) is 4.55. The summed E-state index contributed by atoms with van der Waals surface area (Å²) in [6.45, 7) is 2.52. The predicted molar refractivity (Wildman–Crippen MR) is 97.3 cm³/mol. The number of nitrogens with one attached hydrogen (secondary N) is 1. The molecule has 1 aliphatic rings. The third-order valence-electron chi connectivity index (χ3n) is 5.13. The molecule has 0 aliphatic carbocycles. The lowest BCUT2D eigenvalue weighted by atomic mass is 9.97. The molecule has 0 saturated carbocycles. The Bertz CT molecular complexity index is 903. The molecule has 1 aliphatic heterocycles. The van der Waals surface area contributed by atoms with E-state index in [9.17, 15) is 4.39 Å². The number of fused-ring (bicyclic) bond motifs is 1. The Balaban J connectivity index is 1.33. The van der Waals surface area contributed by atoms with Crippen molar-refractivity contribution in [3.63, 3.8) is 0 Å². The van der Waals surface area contributed by atoms with E-state index < -0.39 is 0 Å². The summed E-state index contributed by atoms with van der Waals surface area (Å²) in [6, 6.07) is 4.74. The van der Waals surface area contributed by atoms with Gasteiger partial charge in [-0.3, -0.25) is 4.68 Å². The van der Waals surface area contributed by atoms with Crippen LogP contribution in [-0.4, -0.2) is 39.0 Å². The fraction of sp³-hybridized carbons (Fsp3) is 0.474. The van der Waals surface area contributed by atoms with Crippen LogP contribution in [0.2, 0.25) is 0 Å². The Morgan fingerprint density at radius 2 is 2.23 bits per heavy atom. The highest BCUT2D eigenvalue weighted by molar-refractivity contribution is 5.75. The summed E-state index contributed by atoms with van der Waals surface area (Å²) >= 11 is 0. The minimum absolute atomic E-state index is 0.120. The van der Waals surface area contributed by atoms with E-state index in [0.29, 0.717) is 11.4 Å². The van der Waals surface area contributed by atoms with E-state index in [4.69, 9.17) is 4.74 Å². The van der Waals surface area contributed by atoms with E-state index in [1.807, 2.05) is 35.7 Å². The Kier molecular flexibility index (Phi) is 4.74. The number of hydrogen-bond acceptors (Lipinski definition) is 4. The van der Waals surface area contributed by atoms with Gasteiger partial charge in [-0.1, -0.05) is 0 Å². The lowest BCUT2D eigenvalue weighted by Crippen LogP contribution is -2.27. The summed E-state index contributed by atoms with van der Waals surface area (Å²) < 4.78 is 23.1. The van der Waals surface area contributed by atoms with Gasteiger partial charge >= 0.3 is 0 Å². The number of rotatable bonds is 6. The van der Waals surface area contributed by atoms with Crippen molar-refractivity contribution in [3.05, 3.63) is 47.8 Å². The third-order valence-corrected chi connectivity index (χ3v) is 5.13. The standard InChI is InChI=1S/C19H24FN5O/c1-24-12-14(11-22-24)19-13(6-8-26-19)10-21-7-5-18-23-16-9-15(20)3-4-17(16)25(18)2/h3-4,9,11-13,19,21H,5-8,10H2,1-2H3/t13-,19+/m1/s1. The van der Waals surface area contributed by atoms with Gasteiger partial charge in [-0.15, -0.1) is 0 Å². The van der Waals surface area contributed by atoms with Gasteiger partial charge < -0.3 is 14.6 Å². The number of ether oxygens (including phenoxy) is 1. The SMILES string of the molecule is Cn1cc([C@H]2OCC[C@@H]2CNCCc2nc3cc(F)ccc3n2C)cn1. The van der Waals surface area contributed by atoms with Crippen LogP contribution >= 0.6 is 0 Å². The van der Waals surface area contributed by atoms with Crippen molar-refractivity contribution in [2.24, 2.45) is 20.0 Å². The molecular weight excluding hydrogens is 333 g/mol. The molecule has 3 aromatic rings. The molecule has 1 fully saturated rings. The Labute approximate surface area is 152 Å². The minimum Gasteiger partial charge on any atom is -0.373 e. The number of imidazole rings is 1. The van der Waals surface area contributed by atoms with Gasteiger partial charge in [0, 0.05) is 64.0 Å². The van der Waals surface area contributed by atoms with Crippen LogP contribution in [0.1, 0.15) is 23.9 Å². The zero-order valence-corrected chi connectivity index (χ0v) is 15.2. The van der Waals surface area contributed by atoms with Crippen LogP contribution in [0.5, 0.6) is 0 Å². The van der Waals surface area contributed by atoms with Gasteiger partial charge in [0.1, 0.15) is 11.6 Å². The van der Waals surface area contributed by atoms with Crippen molar-refractivity contribution in [2.45, 2.75) is 18.9 Å². The summed E-state index contributed by atoms with van der Waals surface area (Å²) in [7, 11) is 3.90. The van der Waals surface area contributed by atoms with E-state index in [1.54, 1.807) is 6.07 Å². The molecule has 0 amide bonds. The number of aromatic nitrogens is 4. The van der Waals surface area contributed by atoms with Gasteiger partial charge in [-0.05, 0) is 18.6 Å². The predicted octanol–water partition coefficient (Wildman–Crippen LogP) is 2.36. The summed E-state index contributed by atoms with van der Waals surface area (Å²) in [5, 5.41) is 7.78. The highest BCUT2D eigenvalue weighted by atomic mass is 19.1. The zero-order chi connectivity index (χ0) is 18.1. The maximum atomic E-state index is 13.4. The summed E-state index contributed by atoms with van der Waals surface area (Å²) in [5.74, 6) is 1.17. The van der Waals surface area contributed by atoms with Gasteiger partial charge in [-0.2, -0.15) is 5.10 Å². The van der Waals surface area contributed by atoms with E-state index >= 15 is 0 Å². The van der Waals surface area contributed by atoms with Crippen molar-refractivity contribution in [3.8, 4) is 0 Å². The maximum Gasteiger partial charge on any atom is 0.125 e. The smallest absolute Gasteiger partial charge is 0.125 e. The largest absolute Gasteiger partial charge is 0.373 e. The Hall–Kier alpha value is -2.25. The van der Waals surface area contributed by atoms with E-state index in [0.717, 1.165) is 49.4 Å². The summed E-state index contributed by atoms with van der Waals surface area (Å²) in [5.41, 5.74) is 2.82. The first-order valence-corrected chi connectivity index (χ1v) is 9.03. The zero-order valence-electron chi connectivity index (χ0n) is 15.2. The average molecular weight is 357 g/mol. The van der Waals surface area contributed by atoms with Crippen LogP contribution in [0.25, 0.3) is 11.0 Å². The molecule has 1 N–H and O–H groups in total. The van der Waals surface area contributed by atoms with Crippen LogP contribution in [0, 0.1) is 11.7 Å². The van der Waals surface area contributed by atoms with E-state index in [-0.39, 0.29) is 11.9 Å². The number of hydrogen-bond donors (Lipinski definition) is 1. The molecular formula is C19H24FN5O. The number of aryl methyl sites for hydroxylation is 2. The molecule has 3 heterocycles. The lowest BCUT2D eigenvalue weighted by Gasteiger charge is -2.17. The highest BCUT2D eigenvalue weighted by Gasteiger charge is 2.30.